The van der Waals surface area contributed by atoms with E-state index in [9.17, 15) is 4.79 Å². The standard InChI is InChI=1S/C14H15ClN2OS/c1-9-6-13(15)12(7-16-9)14(18)17-10(2)5-11-3-4-19-8-11/h3-4,6-8,10H,5H2,1-2H3,(H,17,18). The maximum atomic E-state index is 12.1. The third-order valence-corrected chi connectivity index (χ3v) is 3.78. The molecule has 1 N–H and O–H groups in total. The van der Waals surface area contributed by atoms with Crippen molar-refractivity contribution in [3.63, 3.8) is 0 Å². The van der Waals surface area contributed by atoms with E-state index >= 15 is 0 Å². The van der Waals surface area contributed by atoms with Gasteiger partial charge in [-0.25, -0.2) is 0 Å². The van der Waals surface area contributed by atoms with E-state index in [0.29, 0.717) is 10.6 Å². The van der Waals surface area contributed by atoms with Crippen LogP contribution in [0.3, 0.4) is 0 Å². The Balaban J connectivity index is 2.00. The van der Waals surface area contributed by atoms with Crippen molar-refractivity contribution >= 4 is 28.8 Å². The van der Waals surface area contributed by atoms with Crippen LogP contribution < -0.4 is 5.32 Å². The van der Waals surface area contributed by atoms with Crippen LogP contribution in [0.25, 0.3) is 0 Å². The summed E-state index contributed by atoms with van der Waals surface area (Å²) >= 11 is 7.71. The molecule has 0 bridgehead atoms. The fourth-order valence-corrected chi connectivity index (χ4v) is 2.78. The van der Waals surface area contributed by atoms with Gasteiger partial charge in [0, 0.05) is 17.9 Å². The van der Waals surface area contributed by atoms with Gasteiger partial charge >= 0.3 is 0 Å². The van der Waals surface area contributed by atoms with Crippen molar-refractivity contribution < 1.29 is 4.79 Å². The van der Waals surface area contributed by atoms with E-state index in [1.54, 1.807) is 17.4 Å². The molecular weight excluding hydrogens is 280 g/mol. The molecule has 0 aliphatic heterocycles. The summed E-state index contributed by atoms with van der Waals surface area (Å²) < 4.78 is 0. The average Bonchev–Trinajstić information content (AvgIpc) is 2.81. The molecule has 0 fully saturated rings. The zero-order chi connectivity index (χ0) is 13.8. The molecule has 0 saturated carbocycles. The third-order valence-electron chi connectivity index (χ3n) is 2.73. The minimum atomic E-state index is -0.180. The van der Waals surface area contributed by atoms with E-state index in [2.05, 4.69) is 21.7 Å². The number of amides is 1. The second-order valence-corrected chi connectivity index (χ2v) is 5.70. The lowest BCUT2D eigenvalue weighted by molar-refractivity contribution is 0.0940. The van der Waals surface area contributed by atoms with Gasteiger partial charge in [-0.05, 0) is 48.7 Å². The van der Waals surface area contributed by atoms with Gasteiger partial charge < -0.3 is 5.32 Å². The van der Waals surface area contributed by atoms with Crippen molar-refractivity contribution in [1.29, 1.82) is 0 Å². The highest BCUT2D eigenvalue weighted by molar-refractivity contribution is 7.07. The average molecular weight is 295 g/mol. The van der Waals surface area contributed by atoms with Gasteiger partial charge in [0.15, 0.2) is 0 Å². The molecule has 100 valence electrons. The van der Waals surface area contributed by atoms with Crippen LogP contribution in [0.15, 0.2) is 29.1 Å². The third kappa shape index (κ3) is 3.78. The summed E-state index contributed by atoms with van der Waals surface area (Å²) in [7, 11) is 0. The molecule has 3 nitrogen and oxygen atoms in total. The van der Waals surface area contributed by atoms with E-state index in [-0.39, 0.29) is 11.9 Å². The normalized spacial score (nSPS) is 12.2. The molecule has 1 amide bonds. The van der Waals surface area contributed by atoms with Gasteiger partial charge in [-0.15, -0.1) is 0 Å². The first-order chi connectivity index (χ1) is 9.06. The Morgan fingerprint density at radius 3 is 3.00 bits per heavy atom. The molecule has 2 aromatic heterocycles. The predicted octanol–water partition coefficient (Wildman–Crippen LogP) is 3.47. The van der Waals surface area contributed by atoms with Crippen molar-refractivity contribution in [3.8, 4) is 0 Å². The minimum absolute atomic E-state index is 0.0551. The Morgan fingerprint density at radius 2 is 2.37 bits per heavy atom. The van der Waals surface area contributed by atoms with E-state index < -0.39 is 0 Å². The largest absolute Gasteiger partial charge is 0.349 e. The quantitative estimate of drug-likeness (QED) is 0.938. The van der Waals surface area contributed by atoms with Gasteiger partial charge in [0.2, 0.25) is 0 Å². The number of rotatable bonds is 4. The molecule has 0 aliphatic rings. The fraction of sp³-hybridized carbons (Fsp3) is 0.286. The maximum Gasteiger partial charge on any atom is 0.254 e. The number of thiophene rings is 1. The van der Waals surface area contributed by atoms with Crippen molar-refractivity contribution in [2.75, 3.05) is 0 Å². The first-order valence-corrected chi connectivity index (χ1v) is 7.32. The van der Waals surface area contributed by atoms with Gasteiger partial charge in [0.25, 0.3) is 5.91 Å². The van der Waals surface area contributed by atoms with Crippen molar-refractivity contribution in [1.82, 2.24) is 10.3 Å². The molecule has 2 aromatic rings. The smallest absolute Gasteiger partial charge is 0.254 e. The molecule has 2 rings (SSSR count). The Morgan fingerprint density at radius 1 is 1.58 bits per heavy atom. The summed E-state index contributed by atoms with van der Waals surface area (Å²) in [5.74, 6) is -0.180. The van der Waals surface area contributed by atoms with Gasteiger partial charge in [-0.2, -0.15) is 11.3 Å². The van der Waals surface area contributed by atoms with Crippen LogP contribution in [0.4, 0.5) is 0 Å². The Kier molecular flexibility index (Phi) is 4.56. The molecule has 0 radical (unpaired) electrons. The van der Waals surface area contributed by atoms with Gasteiger partial charge in [0.05, 0.1) is 10.6 Å². The second kappa shape index (κ2) is 6.17. The zero-order valence-corrected chi connectivity index (χ0v) is 12.4. The molecule has 1 unspecified atom stereocenters. The number of aromatic nitrogens is 1. The van der Waals surface area contributed by atoms with Crippen molar-refractivity contribution in [2.45, 2.75) is 26.3 Å². The van der Waals surface area contributed by atoms with Crippen LogP contribution in [-0.4, -0.2) is 16.9 Å². The number of hydrogen-bond acceptors (Lipinski definition) is 3. The van der Waals surface area contributed by atoms with Crippen LogP contribution in [0.5, 0.6) is 0 Å². The topological polar surface area (TPSA) is 42.0 Å². The second-order valence-electron chi connectivity index (χ2n) is 4.52. The Labute approximate surface area is 121 Å². The number of halogens is 1. The molecule has 0 saturated heterocycles. The van der Waals surface area contributed by atoms with Crippen molar-refractivity contribution in [2.24, 2.45) is 0 Å². The zero-order valence-electron chi connectivity index (χ0n) is 10.8. The predicted molar refractivity (Wildman–Crippen MR) is 78.9 cm³/mol. The summed E-state index contributed by atoms with van der Waals surface area (Å²) in [6.45, 7) is 3.82. The highest BCUT2D eigenvalue weighted by Crippen LogP contribution is 2.16. The molecule has 0 spiro atoms. The van der Waals surface area contributed by atoms with E-state index in [1.807, 2.05) is 19.2 Å². The minimum Gasteiger partial charge on any atom is -0.349 e. The molecule has 0 aliphatic carbocycles. The SMILES string of the molecule is Cc1cc(Cl)c(C(=O)NC(C)Cc2ccsc2)cn1. The summed E-state index contributed by atoms with van der Waals surface area (Å²) in [5, 5.41) is 7.49. The molecule has 1 atom stereocenters. The van der Waals surface area contributed by atoms with Gasteiger partial charge in [-0.1, -0.05) is 11.6 Å². The van der Waals surface area contributed by atoms with E-state index in [0.717, 1.165) is 12.1 Å². The molecule has 0 aromatic carbocycles. The van der Waals surface area contributed by atoms with E-state index in [1.165, 1.54) is 11.8 Å². The van der Waals surface area contributed by atoms with Gasteiger partial charge in [0.1, 0.15) is 0 Å². The lowest BCUT2D eigenvalue weighted by Crippen LogP contribution is -2.34. The summed E-state index contributed by atoms with van der Waals surface area (Å²) in [5.41, 5.74) is 2.45. The number of pyridine rings is 1. The first-order valence-electron chi connectivity index (χ1n) is 6.00. The number of aryl methyl sites for hydroxylation is 1. The molecule has 5 heteroatoms. The van der Waals surface area contributed by atoms with Crippen molar-refractivity contribution in [3.05, 3.63) is 50.9 Å². The number of carbonyl (C=O) groups is 1. The summed E-state index contributed by atoms with van der Waals surface area (Å²) in [6, 6.07) is 3.81. The van der Waals surface area contributed by atoms with Crippen LogP contribution in [0.2, 0.25) is 5.02 Å². The fourth-order valence-electron chi connectivity index (χ4n) is 1.81. The van der Waals surface area contributed by atoms with Crippen LogP contribution in [-0.2, 0) is 6.42 Å². The van der Waals surface area contributed by atoms with Crippen LogP contribution in [0.1, 0.15) is 28.5 Å². The lowest BCUT2D eigenvalue weighted by Gasteiger charge is -2.13. The van der Waals surface area contributed by atoms with Crippen LogP contribution >= 0.6 is 22.9 Å². The lowest BCUT2D eigenvalue weighted by atomic mass is 10.1. The summed E-state index contributed by atoms with van der Waals surface area (Å²) in [6.07, 6.45) is 2.33. The highest BCUT2D eigenvalue weighted by atomic mass is 35.5. The highest BCUT2D eigenvalue weighted by Gasteiger charge is 2.14. The number of nitrogens with zero attached hydrogens (tertiary/aromatic N) is 1. The molecular formula is C14H15ClN2OS. The number of hydrogen-bond donors (Lipinski definition) is 1. The summed E-state index contributed by atoms with van der Waals surface area (Å²) in [4.78, 5) is 16.2. The van der Waals surface area contributed by atoms with Gasteiger partial charge in [-0.3, -0.25) is 9.78 Å². The Hall–Kier alpha value is -1.39. The van der Waals surface area contributed by atoms with Crippen LogP contribution in [0, 0.1) is 6.92 Å². The first kappa shape index (κ1) is 14.0. The number of carbonyl (C=O) groups excluding carboxylic acids is 1. The molecule has 19 heavy (non-hydrogen) atoms. The van der Waals surface area contributed by atoms with E-state index in [4.69, 9.17) is 11.6 Å². The number of nitrogens with one attached hydrogen (secondary N) is 1. The molecule has 2 heterocycles. The monoisotopic (exact) mass is 294 g/mol. The maximum absolute atomic E-state index is 12.1. The Bertz CT molecular complexity index is 569.